The molecule has 9 fully saturated rings. The second-order valence-corrected chi connectivity index (χ2v) is 35.3. The number of carbonyl (C=O) groups excluding carboxylic acids is 3. The number of halogens is 12. The fraction of sp³-hybridized carbons (Fsp3) is 0.407. The van der Waals surface area contributed by atoms with Crippen molar-refractivity contribution in [2.45, 2.75) is 106 Å². The van der Waals surface area contributed by atoms with Crippen molar-refractivity contribution in [1.82, 2.24) is 84.5 Å². The number of alkyl halides is 9. The quantitative estimate of drug-likeness (QED) is 0.0111. The number of rotatable bonds is 25. The van der Waals surface area contributed by atoms with Crippen molar-refractivity contribution in [1.29, 1.82) is 10.5 Å². The van der Waals surface area contributed by atoms with Gasteiger partial charge in [0.2, 0.25) is 60.0 Å². The third kappa shape index (κ3) is 27.6. The van der Waals surface area contributed by atoms with E-state index in [9.17, 15) is 58.7 Å². The maximum absolute atomic E-state index is 13.3. The molecular weight excluding hydrogens is 1900 g/mol. The molecule has 9 aromatic rings. The zero-order valence-electron chi connectivity index (χ0n) is 75.0. The number of benzene rings is 6. The molecule has 5 aliphatic heterocycles. The van der Waals surface area contributed by atoms with E-state index in [-0.39, 0.29) is 59.0 Å². The van der Waals surface area contributed by atoms with E-state index in [4.69, 9.17) is 70.4 Å². The largest absolute Gasteiger partial charge is 0.478 e. The first kappa shape index (κ1) is 100. The minimum atomic E-state index is -4.58. The first-order valence-electron chi connectivity index (χ1n) is 44.8. The molecule has 0 radical (unpaired) electrons. The number of carbonyl (C=O) groups is 4. The number of amidine groups is 1. The number of aromatic nitrogens is 9. The van der Waals surface area contributed by atoms with Gasteiger partial charge in [0.25, 0.3) is 11.8 Å². The first-order chi connectivity index (χ1) is 67.1. The Balaban J connectivity index is 0.000000150. The van der Waals surface area contributed by atoms with Gasteiger partial charge in [0.05, 0.1) is 22.2 Å². The molecule has 0 bridgehead atoms. The van der Waals surface area contributed by atoms with Gasteiger partial charge in [-0.05, 0) is 190 Å². The van der Waals surface area contributed by atoms with Gasteiger partial charge in [0.1, 0.15) is 5.84 Å². The minimum absolute atomic E-state index is 0.0271. The number of aliphatic imine (C=N–C) groups is 3. The number of guanidine groups is 2. The molecule has 10 N–H and O–H groups in total. The Labute approximate surface area is 811 Å². The predicted molar refractivity (Wildman–Crippen MR) is 500 cm³/mol. The Hall–Kier alpha value is -14.4. The van der Waals surface area contributed by atoms with Gasteiger partial charge in [-0.3, -0.25) is 9.59 Å². The van der Waals surface area contributed by atoms with Gasteiger partial charge in [-0.1, -0.05) is 77.6 Å². The molecule has 8 heterocycles. The van der Waals surface area contributed by atoms with Crippen LogP contribution in [-0.2, 0) is 16.6 Å². The number of hydrogen-bond acceptors (Lipinski definition) is 27. The first-order valence-corrected chi connectivity index (χ1v) is 45.9. The third-order valence-corrected chi connectivity index (χ3v) is 24.8. The van der Waals surface area contributed by atoms with Gasteiger partial charge >= 0.3 is 48.6 Å². The molecule has 5 saturated heterocycles. The van der Waals surface area contributed by atoms with Crippen LogP contribution in [0.2, 0.25) is 15.1 Å². The number of carboxylic acid groups (broad SMARTS) is 1. The Morgan fingerprint density at radius 1 is 0.407 bits per heavy atom. The average Bonchev–Trinajstić information content (AvgIpc) is 1.61. The third-order valence-electron chi connectivity index (χ3n) is 24.0. The summed E-state index contributed by atoms with van der Waals surface area (Å²) >= 11 is 18.0. The summed E-state index contributed by atoms with van der Waals surface area (Å²) < 4.78 is 130. The normalized spacial score (nSPS) is 17.5. The molecule has 4 saturated carbocycles. The van der Waals surface area contributed by atoms with E-state index in [0.717, 1.165) is 139 Å². The van der Waals surface area contributed by atoms with E-state index in [1.807, 2.05) is 58.6 Å². The number of aromatic carboxylic acids is 1. The maximum Gasteiger partial charge on any atom is 0.422 e. The van der Waals surface area contributed by atoms with Crippen LogP contribution in [0.15, 0.2) is 161 Å². The van der Waals surface area contributed by atoms with Crippen LogP contribution in [0.4, 0.5) is 97.1 Å². The molecule has 6 aromatic carbocycles. The Bertz CT molecular complexity index is 6030. The standard InChI is InChI=1S/C31H33ClF3N9O3.C30H30ClF3N10O2.C21H17ClF3N5O3.C9H15N5/c32-22-8-6-21(7-9-22)30(12-13-30)42-28-39-27(40-29(41-28)47-18-31(33,34)35)37-23-10-4-20(5-11-23)25(45)44-16-14-43(15-17-44)24(38-26(36)46)19-2-1-3-19;31-22-6-4-21(5-7-22)29(10-11-29)41-26-38-25(39-27(40-26)46-18-30(32,33)34)37-23-8-2-20(3-9-23)24(45)42-14-16-44(17-15-42)28(36-19-35)43-12-1-13-43;22-14-5-3-13(4-6-14)20(9-10-20)30-18-27-17(28-19(29-18)33-11-21(23,24)25)26-15-7-1-12(2-8-15)16(31)32;10-8-12-9(13-4-1-5-13)14-6-2-11-3-7-14/h4-11,19H,1-3,12-18H2,(H2,36,46)(H2,37,39,40,41,42);2-9H,1,10-18H2,(H2,37,38,39,40,41);1-8H,9-11H2,(H,31,32)(H2,26,27,28,29,30);11H,1-7H2. The van der Waals surface area contributed by atoms with E-state index in [1.54, 1.807) is 94.7 Å². The monoisotopic (exact) mass is 2000 g/mol. The topological polar surface area (TPSA) is 450 Å². The van der Waals surface area contributed by atoms with Crippen LogP contribution in [0.5, 0.6) is 18.0 Å². The molecule has 0 unspecified atom stereocenters. The van der Waals surface area contributed by atoms with Crippen molar-refractivity contribution in [2.75, 3.05) is 156 Å². The number of urea groups is 1. The molecule has 140 heavy (non-hydrogen) atoms. The molecule has 9 aliphatic rings. The number of nitrogens with zero attached hydrogens (tertiary/aromatic N) is 21. The van der Waals surface area contributed by atoms with Crippen molar-refractivity contribution in [2.24, 2.45) is 26.6 Å². The van der Waals surface area contributed by atoms with E-state index >= 15 is 0 Å². The molecule has 0 atom stereocenters. The lowest BCUT2D eigenvalue weighted by molar-refractivity contribution is -0.155. The molecular formula is C91H95Cl3F9N29O8. The van der Waals surface area contributed by atoms with E-state index < -0.39 is 85.0 Å². The summed E-state index contributed by atoms with van der Waals surface area (Å²) in [4.78, 5) is 112. The lowest BCUT2D eigenvalue weighted by Gasteiger charge is -2.42. The fourth-order valence-corrected chi connectivity index (χ4v) is 16.2. The summed E-state index contributed by atoms with van der Waals surface area (Å²) in [6.07, 6.45) is -0.0579. The number of nitriles is 2. The SMILES string of the molecule is N#CN=C(N1CCC1)N1CCN(C(=O)c2ccc(Nc3nc(NC4(c5ccc(Cl)cc5)CC4)nc(OCC(F)(F)F)n3)cc2)CC1.N#CN=C(N1CCC1)N1CCNCC1.NC(=O)N=C(C1CCC1)N1CCN(C(=O)c2ccc(Nc3nc(NC4(c5ccc(Cl)cc5)CC4)nc(OCC(F)(F)F)n3)cc2)CC1.O=C(O)c1ccc(Nc2nc(NC3(c4ccc(Cl)cc4)CC3)nc(OCC(F)(F)F)n2)cc1. The Kier molecular flexibility index (Phi) is 31.6. The van der Waals surface area contributed by atoms with Gasteiger partial charge in [-0.2, -0.15) is 99.9 Å². The number of piperazine rings is 3. The van der Waals surface area contributed by atoms with E-state index in [0.29, 0.717) is 107 Å². The van der Waals surface area contributed by atoms with Gasteiger partial charge < -0.3 is 96.6 Å². The molecule has 3 aromatic heterocycles. The van der Waals surface area contributed by atoms with Crippen LogP contribution in [0.25, 0.3) is 0 Å². The van der Waals surface area contributed by atoms with Gasteiger partial charge in [0, 0.05) is 154 Å². The number of primary amides is 1. The number of amides is 4. The number of carboxylic acids is 1. The number of ether oxygens (including phenoxy) is 3. The zero-order chi connectivity index (χ0) is 98.9. The number of likely N-dealkylation sites (tertiary alicyclic amines) is 2. The molecule has 49 heteroatoms. The summed E-state index contributed by atoms with van der Waals surface area (Å²) in [5.74, 6) is 1.07. The zero-order valence-corrected chi connectivity index (χ0v) is 77.2. The van der Waals surface area contributed by atoms with E-state index in [1.165, 1.54) is 30.7 Å². The highest BCUT2D eigenvalue weighted by molar-refractivity contribution is 6.31. The molecule has 736 valence electrons. The van der Waals surface area contributed by atoms with Crippen LogP contribution in [-0.4, -0.2) is 269 Å². The number of hydrogen-bond donors (Lipinski definition) is 9. The van der Waals surface area contributed by atoms with Crippen molar-refractivity contribution >= 4 is 129 Å². The lowest BCUT2D eigenvalue weighted by Crippen LogP contribution is -2.57. The molecule has 4 aliphatic carbocycles. The summed E-state index contributed by atoms with van der Waals surface area (Å²) in [7, 11) is 0. The van der Waals surface area contributed by atoms with Gasteiger partial charge in [0.15, 0.2) is 19.8 Å². The molecule has 4 amide bonds. The smallest absolute Gasteiger partial charge is 0.422 e. The van der Waals surface area contributed by atoms with Gasteiger partial charge in [-0.25, -0.2) is 9.59 Å². The van der Waals surface area contributed by atoms with Crippen LogP contribution in [0, 0.1) is 28.8 Å². The second-order valence-electron chi connectivity index (χ2n) is 34.0. The summed E-state index contributed by atoms with van der Waals surface area (Å²) in [6, 6.07) is 38.5. The lowest BCUT2D eigenvalue weighted by atomic mass is 9.83. The highest BCUT2D eigenvalue weighted by atomic mass is 35.5. The van der Waals surface area contributed by atoms with E-state index in [2.05, 4.69) is 112 Å². The van der Waals surface area contributed by atoms with Crippen LogP contribution >= 0.6 is 34.8 Å². The molecule has 37 nitrogen and oxygen atoms in total. The predicted octanol–water partition coefficient (Wildman–Crippen LogP) is 14.4. The summed E-state index contributed by atoms with van der Waals surface area (Å²) in [6.45, 7) is 7.12. The van der Waals surface area contributed by atoms with Crippen LogP contribution < -0.4 is 57.2 Å². The summed E-state index contributed by atoms with van der Waals surface area (Å²) in [5, 5.41) is 50.2. The Morgan fingerprint density at radius 3 is 0.971 bits per heavy atom. The highest BCUT2D eigenvalue weighted by Gasteiger charge is 2.48. The summed E-state index contributed by atoms with van der Waals surface area (Å²) in [5.41, 5.74) is 9.13. The second kappa shape index (κ2) is 44.2. The van der Waals surface area contributed by atoms with Gasteiger partial charge in [-0.15, -0.1) is 9.98 Å². The highest BCUT2D eigenvalue weighted by Crippen LogP contribution is 2.51. The average molecular weight is 2000 g/mol. The van der Waals surface area contributed by atoms with Crippen LogP contribution in [0.1, 0.15) is 118 Å². The molecule has 0 spiro atoms. The van der Waals surface area contributed by atoms with Crippen molar-refractivity contribution in [3.05, 3.63) is 194 Å². The van der Waals surface area contributed by atoms with Crippen LogP contribution in [0.3, 0.4) is 0 Å². The number of anilines is 9. The Morgan fingerprint density at radius 2 is 0.700 bits per heavy atom. The molecule has 18 rings (SSSR count). The minimum Gasteiger partial charge on any atom is -0.478 e. The fourth-order valence-electron chi connectivity index (χ4n) is 15.8. The van der Waals surface area contributed by atoms with Crippen molar-refractivity contribution in [3.63, 3.8) is 0 Å². The maximum atomic E-state index is 13.3. The van der Waals surface area contributed by atoms with Crippen molar-refractivity contribution in [3.8, 4) is 30.4 Å². The van der Waals surface area contributed by atoms with Crippen molar-refractivity contribution < 1.29 is 78.0 Å². The number of nitrogens with one attached hydrogen (secondary N) is 7. The number of nitrogens with two attached hydrogens (primary N) is 1.